The number of rotatable bonds is 5. The summed E-state index contributed by atoms with van der Waals surface area (Å²) in [6.07, 6.45) is 0. The lowest BCUT2D eigenvalue weighted by molar-refractivity contribution is -0.119. The van der Waals surface area contributed by atoms with E-state index < -0.39 is 12.0 Å². The highest BCUT2D eigenvalue weighted by molar-refractivity contribution is 5.96. The first kappa shape index (κ1) is 19.6. The summed E-state index contributed by atoms with van der Waals surface area (Å²) in [5.41, 5.74) is 4.29. The number of aromatic nitrogens is 4. The van der Waals surface area contributed by atoms with E-state index in [0.29, 0.717) is 18.3 Å². The van der Waals surface area contributed by atoms with Gasteiger partial charge in [-0.05, 0) is 60.5 Å². The van der Waals surface area contributed by atoms with E-state index >= 15 is 0 Å². The van der Waals surface area contributed by atoms with Gasteiger partial charge in [0.2, 0.25) is 11.9 Å². The molecule has 1 amide bonds. The van der Waals surface area contributed by atoms with Gasteiger partial charge in [0, 0.05) is 11.4 Å². The minimum atomic E-state index is -0.626. The molecule has 0 saturated heterocycles. The number of carbonyl (C=O) groups excluding carboxylic acids is 1. The fraction of sp³-hybridized carbons (Fsp3) is 0.273. The molecule has 8 nitrogen and oxygen atoms in total. The number of hydrogen-bond donors (Lipinski definition) is 2. The molecule has 4 rings (SSSR count). The zero-order chi connectivity index (χ0) is 21.3. The maximum absolute atomic E-state index is 13.4. The van der Waals surface area contributed by atoms with E-state index in [1.807, 2.05) is 63.2 Å². The van der Waals surface area contributed by atoms with Crippen LogP contribution in [0.3, 0.4) is 0 Å². The van der Waals surface area contributed by atoms with Gasteiger partial charge in [-0.2, -0.15) is 0 Å². The summed E-state index contributed by atoms with van der Waals surface area (Å²) in [5, 5.41) is 18.0. The summed E-state index contributed by atoms with van der Waals surface area (Å²) in [6, 6.07) is 13.1. The fourth-order valence-electron chi connectivity index (χ4n) is 3.77. The number of anilines is 2. The second-order valence-electron chi connectivity index (χ2n) is 7.33. The molecule has 8 heteroatoms. The number of amides is 1. The Morgan fingerprint density at radius 3 is 2.87 bits per heavy atom. The highest BCUT2D eigenvalue weighted by Gasteiger charge is 2.40. The minimum Gasteiger partial charge on any atom is -0.494 e. The Balaban J connectivity index is 1.73. The molecule has 1 aliphatic rings. The quantitative estimate of drug-likeness (QED) is 0.676. The smallest absolute Gasteiger partial charge is 0.247 e. The normalized spacial score (nSPS) is 17.8. The van der Waals surface area contributed by atoms with Crippen molar-refractivity contribution in [2.75, 3.05) is 17.2 Å². The van der Waals surface area contributed by atoms with Crippen molar-refractivity contribution in [1.82, 2.24) is 20.2 Å². The van der Waals surface area contributed by atoms with E-state index in [2.05, 4.69) is 32.7 Å². The Bertz CT molecular complexity index is 1110. The fourth-order valence-corrected chi connectivity index (χ4v) is 3.77. The lowest BCUT2D eigenvalue weighted by Gasteiger charge is -2.33. The largest absolute Gasteiger partial charge is 0.494 e. The second kappa shape index (κ2) is 7.98. The van der Waals surface area contributed by atoms with E-state index in [1.165, 1.54) is 0 Å². The molecular formula is C22H24N6O2. The molecule has 30 heavy (non-hydrogen) atoms. The first-order valence-corrected chi connectivity index (χ1v) is 9.82. The third-order valence-electron chi connectivity index (χ3n) is 5.15. The Hall–Kier alpha value is -3.68. The van der Waals surface area contributed by atoms with Gasteiger partial charge in [0.25, 0.3) is 0 Å². The van der Waals surface area contributed by atoms with E-state index in [9.17, 15) is 4.79 Å². The van der Waals surface area contributed by atoms with Crippen molar-refractivity contribution in [2.45, 2.75) is 26.8 Å². The van der Waals surface area contributed by atoms with Gasteiger partial charge in [0.1, 0.15) is 11.7 Å². The van der Waals surface area contributed by atoms with Crippen molar-refractivity contribution >= 4 is 17.5 Å². The molecule has 0 aliphatic carbocycles. The van der Waals surface area contributed by atoms with Crippen LogP contribution in [0, 0.1) is 19.8 Å². The van der Waals surface area contributed by atoms with Crippen molar-refractivity contribution in [3.05, 3.63) is 71.4 Å². The Morgan fingerprint density at radius 2 is 2.10 bits per heavy atom. The third kappa shape index (κ3) is 3.63. The molecule has 2 heterocycles. The second-order valence-corrected chi connectivity index (χ2v) is 7.33. The minimum absolute atomic E-state index is 0.188. The Morgan fingerprint density at radius 1 is 1.27 bits per heavy atom. The first-order chi connectivity index (χ1) is 14.5. The van der Waals surface area contributed by atoms with Crippen molar-refractivity contribution < 1.29 is 9.53 Å². The lowest BCUT2D eigenvalue weighted by atomic mass is 9.88. The monoisotopic (exact) mass is 404 g/mol. The Kier molecular flexibility index (Phi) is 5.22. The summed E-state index contributed by atoms with van der Waals surface area (Å²) in [7, 11) is 0. The number of aryl methyl sites for hydroxylation is 2. The van der Waals surface area contributed by atoms with Gasteiger partial charge < -0.3 is 15.4 Å². The molecule has 3 aromatic rings. The van der Waals surface area contributed by atoms with Crippen LogP contribution >= 0.6 is 0 Å². The number of nitrogens with zero attached hydrogens (tertiary/aromatic N) is 4. The molecule has 2 N–H and O–H groups in total. The van der Waals surface area contributed by atoms with Crippen LogP contribution in [0.2, 0.25) is 0 Å². The predicted molar refractivity (Wildman–Crippen MR) is 114 cm³/mol. The van der Waals surface area contributed by atoms with Crippen LogP contribution in [-0.4, -0.2) is 32.7 Å². The van der Waals surface area contributed by atoms with Crippen molar-refractivity contribution in [3.63, 3.8) is 0 Å². The highest BCUT2D eigenvalue weighted by atomic mass is 16.5. The summed E-state index contributed by atoms with van der Waals surface area (Å²) in [5.74, 6) is 0.357. The zero-order valence-electron chi connectivity index (χ0n) is 17.2. The van der Waals surface area contributed by atoms with Gasteiger partial charge in [-0.25, -0.2) is 4.68 Å². The topological polar surface area (TPSA) is 94.0 Å². The van der Waals surface area contributed by atoms with Gasteiger partial charge >= 0.3 is 0 Å². The third-order valence-corrected chi connectivity index (χ3v) is 5.15. The Labute approximate surface area is 174 Å². The maximum atomic E-state index is 13.4. The van der Waals surface area contributed by atoms with Gasteiger partial charge in [-0.3, -0.25) is 4.79 Å². The van der Waals surface area contributed by atoms with Gasteiger partial charge in [-0.1, -0.05) is 41.5 Å². The average molecular weight is 404 g/mol. The molecule has 154 valence electrons. The number of benzene rings is 2. The molecule has 2 unspecified atom stereocenters. The number of carbonyl (C=O) groups is 1. The van der Waals surface area contributed by atoms with Crippen LogP contribution in [0.1, 0.15) is 29.7 Å². The van der Waals surface area contributed by atoms with Crippen molar-refractivity contribution in [1.29, 1.82) is 0 Å². The number of tetrazole rings is 1. The van der Waals surface area contributed by atoms with Crippen LogP contribution in [0.25, 0.3) is 0 Å². The molecule has 1 aromatic heterocycles. The van der Waals surface area contributed by atoms with E-state index in [4.69, 9.17) is 4.74 Å². The lowest BCUT2D eigenvalue weighted by Crippen LogP contribution is -2.39. The van der Waals surface area contributed by atoms with Gasteiger partial charge in [0.15, 0.2) is 0 Å². The van der Waals surface area contributed by atoms with Crippen LogP contribution in [0.4, 0.5) is 11.6 Å². The van der Waals surface area contributed by atoms with Crippen LogP contribution in [-0.2, 0) is 4.79 Å². The van der Waals surface area contributed by atoms with Crippen LogP contribution in [0.15, 0.2) is 54.7 Å². The SMILES string of the molecule is C=C1Nc2nnnn2C(c2cccc(OCC)c2)C1C(=O)Nc1ccc(C)cc1C. The van der Waals surface area contributed by atoms with E-state index in [-0.39, 0.29) is 5.91 Å². The molecule has 1 aliphatic heterocycles. The molecule has 0 spiro atoms. The highest BCUT2D eigenvalue weighted by Crippen LogP contribution is 2.38. The van der Waals surface area contributed by atoms with E-state index in [1.54, 1.807) is 4.68 Å². The number of fused-ring (bicyclic) bond motifs is 1. The molecular weight excluding hydrogens is 380 g/mol. The number of ether oxygens (including phenoxy) is 1. The van der Waals surface area contributed by atoms with Crippen molar-refractivity contribution in [2.24, 2.45) is 5.92 Å². The van der Waals surface area contributed by atoms with Crippen molar-refractivity contribution in [3.8, 4) is 5.75 Å². The molecule has 0 fully saturated rings. The summed E-state index contributed by atoms with van der Waals surface area (Å²) in [6.45, 7) is 10.6. The summed E-state index contributed by atoms with van der Waals surface area (Å²) in [4.78, 5) is 13.4. The van der Waals surface area contributed by atoms with Crippen LogP contribution in [0.5, 0.6) is 5.75 Å². The average Bonchev–Trinajstić information content (AvgIpc) is 3.17. The predicted octanol–water partition coefficient (Wildman–Crippen LogP) is 3.47. The standard InChI is InChI=1S/C22H24N6O2/c1-5-30-17-8-6-7-16(12-17)20-19(15(4)23-22-25-26-27-28(20)22)21(29)24-18-10-9-13(2)11-14(18)3/h6-12,19-20H,4-5H2,1-3H3,(H,24,29)(H,23,25,27). The molecule has 0 saturated carbocycles. The van der Waals surface area contributed by atoms with E-state index in [0.717, 1.165) is 28.1 Å². The van der Waals surface area contributed by atoms with Gasteiger partial charge in [-0.15, -0.1) is 0 Å². The molecule has 2 atom stereocenters. The zero-order valence-corrected chi connectivity index (χ0v) is 17.2. The van der Waals surface area contributed by atoms with Gasteiger partial charge in [0.05, 0.1) is 12.6 Å². The first-order valence-electron chi connectivity index (χ1n) is 9.82. The maximum Gasteiger partial charge on any atom is 0.247 e. The van der Waals surface area contributed by atoms with Crippen LogP contribution < -0.4 is 15.4 Å². The number of nitrogens with one attached hydrogen (secondary N) is 2. The molecule has 0 radical (unpaired) electrons. The molecule has 0 bridgehead atoms. The summed E-state index contributed by atoms with van der Waals surface area (Å²) >= 11 is 0. The number of hydrogen-bond acceptors (Lipinski definition) is 6. The summed E-state index contributed by atoms with van der Waals surface area (Å²) < 4.78 is 7.27. The molecule has 2 aromatic carbocycles.